The van der Waals surface area contributed by atoms with Crippen molar-refractivity contribution in [1.29, 1.82) is 0 Å². The van der Waals surface area contributed by atoms with Gasteiger partial charge in [0.15, 0.2) is 0 Å². The SMILES string of the molecule is COc1cc(C(F)(F)F)ccc1-c1nnc(S[C@@H]2CCCN(C(=O)OC(C)(C)C)C2)c2cnccc12. The molecule has 1 saturated heterocycles. The van der Waals surface area contributed by atoms with E-state index in [1.807, 2.05) is 20.8 Å². The number of alkyl halides is 3. The van der Waals surface area contributed by atoms with Gasteiger partial charge in [-0.05, 0) is 57.9 Å². The molecule has 3 aromatic rings. The molecule has 192 valence electrons. The third-order valence-corrected chi connectivity index (χ3v) is 6.88. The lowest BCUT2D eigenvalue weighted by atomic mass is 10.0. The second-order valence-corrected chi connectivity index (χ2v) is 10.8. The Bertz CT molecular complexity index is 1260. The number of pyridine rings is 1. The average Bonchev–Trinajstić information content (AvgIpc) is 2.82. The number of aromatic nitrogens is 3. The van der Waals surface area contributed by atoms with Crippen LogP contribution in [0.2, 0.25) is 0 Å². The fourth-order valence-corrected chi connectivity index (χ4v) is 5.24. The number of hydrogen-bond acceptors (Lipinski definition) is 7. The molecule has 11 heteroatoms. The first-order valence-corrected chi connectivity index (χ1v) is 12.3. The van der Waals surface area contributed by atoms with Gasteiger partial charge in [-0.1, -0.05) is 11.8 Å². The molecular weight excluding hydrogens is 493 g/mol. The molecule has 1 aliphatic rings. The van der Waals surface area contributed by atoms with Crippen LogP contribution in [0.3, 0.4) is 0 Å². The highest BCUT2D eigenvalue weighted by atomic mass is 32.2. The van der Waals surface area contributed by atoms with E-state index in [4.69, 9.17) is 9.47 Å². The predicted molar refractivity (Wildman–Crippen MR) is 131 cm³/mol. The van der Waals surface area contributed by atoms with Crippen molar-refractivity contribution < 1.29 is 27.4 Å². The van der Waals surface area contributed by atoms with Crippen LogP contribution in [0.1, 0.15) is 39.2 Å². The standard InChI is InChI=1S/C25H27F3N4O3S/c1-24(2,3)35-23(33)32-11-5-6-16(14-32)36-22-19-13-29-10-9-17(19)21(30-31-22)18-8-7-15(25(26,27)28)12-20(18)34-4/h7-10,12-13,16H,5-6,11,14H2,1-4H3/t16-/m1/s1. The fraction of sp³-hybridized carbons (Fsp3) is 0.440. The van der Waals surface area contributed by atoms with E-state index in [0.29, 0.717) is 34.8 Å². The van der Waals surface area contributed by atoms with E-state index in [1.54, 1.807) is 23.4 Å². The first-order valence-electron chi connectivity index (χ1n) is 11.5. The minimum atomic E-state index is -4.49. The molecule has 1 amide bonds. The number of hydrogen-bond donors (Lipinski definition) is 0. The van der Waals surface area contributed by atoms with Crippen LogP contribution < -0.4 is 4.74 Å². The maximum absolute atomic E-state index is 13.2. The van der Waals surface area contributed by atoms with Gasteiger partial charge in [0.1, 0.15) is 22.1 Å². The number of rotatable bonds is 4. The van der Waals surface area contributed by atoms with E-state index in [9.17, 15) is 18.0 Å². The zero-order chi connectivity index (χ0) is 26.1. The van der Waals surface area contributed by atoms with Gasteiger partial charge in [-0.15, -0.1) is 10.2 Å². The number of thioether (sulfide) groups is 1. The van der Waals surface area contributed by atoms with Gasteiger partial charge in [0.05, 0.1) is 12.7 Å². The molecule has 1 aromatic carbocycles. The molecule has 0 saturated carbocycles. The molecule has 1 atom stereocenters. The Balaban J connectivity index is 1.63. The minimum absolute atomic E-state index is 0.0536. The highest BCUT2D eigenvalue weighted by Gasteiger charge is 2.32. The summed E-state index contributed by atoms with van der Waals surface area (Å²) in [7, 11) is 1.32. The fourth-order valence-electron chi connectivity index (χ4n) is 4.01. The van der Waals surface area contributed by atoms with Gasteiger partial charge in [0.2, 0.25) is 0 Å². The Hall–Kier alpha value is -3.08. The number of benzene rings is 1. The second-order valence-electron chi connectivity index (χ2n) is 9.50. The summed E-state index contributed by atoms with van der Waals surface area (Å²) in [5, 5.41) is 10.9. The molecule has 0 bridgehead atoms. The predicted octanol–water partition coefficient (Wildman–Crippen LogP) is 6.21. The zero-order valence-corrected chi connectivity index (χ0v) is 21.2. The number of nitrogens with zero attached hydrogens (tertiary/aromatic N) is 4. The summed E-state index contributed by atoms with van der Waals surface area (Å²) in [5.41, 5.74) is -0.568. The van der Waals surface area contributed by atoms with Gasteiger partial charge in [-0.2, -0.15) is 13.2 Å². The summed E-state index contributed by atoms with van der Waals surface area (Å²) < 4.78 is 50.4. The monoisotopic (exact) mass is 520 g/mol. The number of likely N-dealkylation sites (tertiary alicyclic amines) is 1. The van der Waals surface area contributed by atoms with E-state index in [-0.39, 0.29) is 17.1 Å². The lowest BCUT2D eigenvalue weighted by Crippen LogP contribution is -2.43. The molecule has 2 aromatic heterocycles. The van der Waals surface area contributed by atoms with E-state index >= 15 is 0 Å². The number of amides is 1. The summed E-state index contributed by atoms with van der Waals surface area (Å²) in [6.45, 7) is 6.65. The molecule has 1 fully saturated rings. The lowest BCUT2D eigenvalue weighted by Gasteiger charge is -2.33. The van der Waals surface area contributed by atoms with Crippen molar-refractivity contribution in [3.05, 3.63) is 42.2 Å². The first-order chi connectivity index (χ1) is 17.0. The Kier molecular flexibility index (Phi) is 7.31. The highest BCUT2D eigenvalue weighted by molar-refractivity contribution is 8.00. The summed E-state index contributed by atoms with van der Waals surface area (Å²) in [4.78, 5) is 18.5. The van der Waals surface area contributed by atoms with Crippen LogP contribution in [0.4, 0.5) is 18.0 Å². The quantitative estimate of drug-likeness (QED) is 0.405. The number of fused-ring (bicyclic) bond motifs is 1. The van der Waals surface area contributed by atoms with Crippen molar-refractivity contribution in [2.24, 2.45) is 0 Å². The largest absolute Gasteiger partial charge is 0.496 e. The molecule has 7 nitrogen and oxygen atoms in total. The average molecular weight is 521 g/mol. The van der Waals surface area contributed by atoms with Gasteiger partial charge in [-0.3, -0.25) is 4.98 Å². The molecule has 3 heterocycles. The molecule has 0 radical (unpaired) electrons. The molecule has 1 aliphatic heterocycles. The second kappa shape index (κ2) is 10.1. The molecule has 0 spiro atoms. The van der Waals surface area contributed by atoms with Crippen LogP contribution in [0.5, 0.6) is 5.75 Å². The number of methoxy groups -OCH3 is 1. The van der Waals surface area contributed by atoms with Crippen molar-refractivity contribution >= 4 is 28.6 Å². The van der Waals surface area contributed by atoms with E-state index < -0.39 is 17.3 Å². The van der Waals surface area contributed by atoms with Crippen molar-refractivity contribution in [2.45, 2.75) is 55.7 Å². The summed E-state index contributed by atoms with van der Waals surface area (Å²) >= 11 is 1.51. The third kappa shape index (κ3) is 5.83. The van der Waals surface area contributed by atoms with Crippen LogP contribution in [0.25, 0.3) is 22.0 Å². The Morgan fingerprint density at radius 3 is 2.61 bits per heavy atom. The Labute approximate surface area is 211 Å². The smallest absolute Gasteiger partial charge is 0.416 e. The topological polar surface area (TPSA) is 77.4 Å². The molecule has 0 aliphatic carbocycles. The maximum Gasteiger partial charge on any atom is 0.416 e. The van der Waals surface area contributed by atoms with Crippen LogP contribution in [-0.4, -0.2) is 57.2 Å². The molecule has 4 rings (SSSR count). The van der Waals surface area contributed by atoms with Crippen LogP contribution in [0.15, 0.2) is 41.7 Å². The lowest BCUT2D eigenvalue weighted by molar-refractivity contribution is -0.137. The van der Waals surface area contributed by atoms with Crippen molar-refractivity contribution in [2.75, 3.05) is 20.2 Å². The molecular formula is C25H27F3N4O3S. The zero-order valence-electron chi connectivity index (χ0n) is 20.4. The van der Waals surface area contributed by atoms with Crippen molar-refractivity contribution in [3.8, 4) is 17.0 Å². The van der Waals surface area contributed by atoms with Gasteiger partial charge < -0.3 is 14.4 Å². The number of halogens is 3. The van der Waals surface area contributed by atoms with Gasteiger partial charge in [-0.25, -0.2) is 4.79 Å². The molecule has 0 unspecified atom stereocenters. The van der Waals surface area contributed by atoms with Gasteiger partial charge >= 0.3 is 12.3 Å². The van der Waals surface area contributed by atoms with Crippen LogP contribution in [-0.2, 0) is 10.9 Å². The molecule has 0 N–H and O–H groups in total. The summed E-state index contributed by atoms with van der Waals surface area (Å²) in [6.07, 6.45) is 0.167. The summed E-state index contributed by atoms with van der Waals surface area (Å²) in [5.74, 6) is 0.0536. The minimum Gasteiger partial charge on any atom is -0.496 e. The maximum atomic E-state index is 13.2. The van der Waals surface area contributed by atoms with E-state index in [2.05, 4.69) is 15.2 Å². The number of carbonyl (C=O) groups is 1. The van der Waals surface area contributed by atoms with Crippen molar-refractivity contribution in [1.82, 2.24) is 20.1 Å². The van der Waals surface area contributed by atoms with Gasteiger partial charge in [0.25, 0.3) is 0 Å². The van der Waals surface area contributed by atoms with Crippen LogP contribution >= 0.6 is 11.8 Å². The normalized spacial score (nSPS) is 16.8. The van der Waals surface area contributed by atoms with E-state index in [1.165, 1.54) is 24.9 Å². The van der Waals surface area contributed by atoms with Crippen LogP contribution in [0, 0.1) is 0 Å². The van der Waals surface area contributed by atoms with E-state index in [0.717, 1.165) is 30.4 Å². The Morgan fingerprint density at radius 1 is 1.14 bits per heavy atom. The van der Waals surface area contributed by atoms with Crippen molar-refractivity contribution in [3.63, 3.8) is 0 Å². The number of piperidine rings is 1. The van der Waals surface area contributed by atoms with Gasteiger partial charge in [0, 0.05) is 47.1 Å². The summed E-state index contributed by atoms with van der Waals surface area (Å²) in [6, 6.07) is 5.06. The molecule has 36 heavy (non-hydrogen) atoms. The third-order valence-electron chi connectivity index (χ3n) is 5.64. The number of carbonyl (C=O) groups excluding carboxylic acids is 1. The number of ether oxygens (including phenoxy) is 2. The first kappa shape index (κ1) is 26.0. The Morgan fingerprint density at radius 2 is 1.92 bits per heavy atom. The highest BCUT2D eigenvalue weighted by Crippen LogP contribution is 2.40.